The van der Waals surface area contributed by atoms with Crippen LogP contribution in [0.25, 0.3) is 5.57 Å². The molecule has 1 amide bonds. The number of carbonyl (C=O) groups excluding carboxylic acids is 1. The molecule has 9 nitrogen and oxygen atoms in total. The maximum Gasteiger partial charge on any atom is 0.268 e. The molecule has 2 N–H and O–H groups in total. The van der Waals surface area contributed by atoms with Crippen molar-refractivity contribution in [3.63, 3.8) is 0 Å². The quantitative estimate of drug-likeness (QED) is 0.296. The van der Waals surface area contributed by atoms with E-state index in [4.69, 9.17) is 14.7 Å². The van der Waals surface area contributed by atoms with Crippen LogP contribution in [0.15, 0.2) is 77.8 Å². The summed E-state index contributed by atoms with van der Waals surface area (Å²) in [5.74, 6) is -0.0446. The predicted molar refractivity (Wildman–Crippen MR) is 123 cm³/mol. The van der Waals surface area contributed by atoms with E-state index < -0.39 is 15.9 Å². The Labute approximate surface area is 191 Å². The largest absolute Gasteiger partial charge is 0.493 e. The summed E-state index contributed by atoms with van der Waals surface area (Å²) in [6, 6.07) is 16.1. The number of hydrogen-bond donors (Lipinski definition) is 2. The predicted octanol–water partition coefficient (Wildman–Crippen LogP) is 2.86. The molecule has 0 aliphatic carbocycles. The van der Waals surface area contributed by atoms with Crippen LogP contribution in [-0.4, -0.2) is 45.8 Å². The summed E-state index contributed by atoms with van der Waals surface area (Å²) in [6.07, 6.45) is 2.75. The molecule has 0 aliphatic heterocycles. The highest BCUT2D eigenvalue weighted by Crippen LogP contribution is 2.32. The molecule has 1 aromatic heterocycles. The first-order valence-electron chi connectivity index (χ1n) is 9.70. The smallest absolute Gasteiger partial charge is 0.268 e. The number of nitrogens with one attached hydrogen (secondary N) is 1. The molecule has 10 heteroatoms. The zero-order valence-corrected chi connectivity index (χ0v) is 19.0. The highest BCUT2D eigenvalue weighted by molar-refractivity contribution is 7.92. The van der Waals surface area contributed by atoms with Gasteiger partial charge in [-0.05, 0) is 42.0 Å². The Morgan fingerprint density at radius 1 is 1.03 bits per heavy atom. The van der Waals surface area contributed by atoms with Gasteiger partial charge in [0.05, 0.1) is 30.5 Å². The van der Waals surface area contributed by atoms with E-state index in [1.807, 2.05) is 0 Å². The van der Waals surface area contributed by atoms with Gasteiger partial charge in [0.25, 0.3) is 15.9 Å². The molecule has 0 fully saturated rings. The Kier molecular flexibility index (Phi) is 7.31. The Morgan fingerprint density at radius 3 is 2.42 bits per heavy atom. The molecule has 172 valence electrons. The molecule has 0 radical (unpaired) electrons. The number of hydrogen-bond acceptors (Lipinski definition) is 7. The average Bonchev–Trinajstić information content (AvgIpc) is 2.86. The Hall–Kier alpha value is -3.89. The van der Waals surface area contributed by atoms with E-state index in [9.17, 15) is 13.2 Å². The molecule has 0 spiro atoms. The van der Waals surface area contributed by atoms with Crippen molar-refractivity contribution in [2.24, 2.45) is 0 Å². The van der Waals surface area contributed by atoms with Gasteiger partial charge in [0, 0.05) is 31.0 Å². The van der Waals surface area contributed by atoms with E-state index in [2.05, 4.69) is 4.98 Å². The maximum atomic E-state index is 13.3. The first-order chi connectivity index (χ1) is 15.8. The van der Waals surface area contributed by atoms with Crippen molar-refractivity contribution in [1.29, 1.82) is 0 Å². The number of nitrogens with zero attached hydrogens (tertiary/aromatic N) is 2. The minimum absolute atomic E-state index is 0.0215. The van der Waals surface area contributed by atoms with Gasteiger partial charge in [-0.2, -0.15) is 0 Å². The Morgan fingerprint density at radius 2 is 1.79 bits per heavy atom. The van der Waals surface area contributed by atoms with E-state index in [0.717, 1.165) is 4.31 Å². The third-order valence-corrected chi connectivity index (χ3v) is 6.64. The number of anilines is 1. The molecular formula is C23H23N3O6S. The Balaban J connectivity index is 2.05. The van der Waals surface area contributed by atoms with E-state index >= 15 is 0 Å². The number of benzene rings is 2. The average molecular weight is 470 g/mol. The fourth-order valence-corrected chi connectivity index (χ4v) is 4.34. The second-order valence-electron chi connectivity index (χ2n) is 6.79. The van der Waals surface area contributed by atoms with Crippen LogP contribution in [-0.2, 0) is 14.8 Å². The molecular weight excluding hydrogens is 446 g/mol. The van der Waals surface area contributed by atoms with Crippen molar-refractivity contribution in [2.45, 2.75) is 4.90 Å². The molecule has 2 aromatic carbocycles. The molecule has 0 bridgehead atoms. The van der Waals surface area contributed by atoms with Gasteiger partial charge in [-0.25, -0.2) is 13.9 Å². The number of rotatable bonds is 8. The number of aromatic nitrogens is 1. The van der Waals surface area contributed by atoms with Crippen LogP contribution in [0.3, 0.4) is 0 Å². The highest BCUT2D eigenvalue weighted by atomic mass is 32.2. The first-order valence-corrected chi connectivity index (χ1v) is 11.1. The summed E-state index contributed by atoms with van der Waals surface area (Å²) in [7, 11) is 0.377. The number of ether oxygens (including phenoxy) is 2. The number of methoxy groups -OCH3 is 2. The number of carbonyl (C=O) groups is 1. The van der Waals surface area contributed by atoms with Crippen LogP contribution < -0.4 is 19.3 Å². The topological polar surface area (TPSA) is 118 Å². The molecule has 0 aliphatic rings. The molecule has 3 aromatic rings. The summed E-state index contributed by atoms with van der Waals surface area (Å²) in [5, 5.41) is 8.96. The van der Waals surface area contributed by atoms with Crippen molar-refractivity contribution >= 4 is 27.2 Å². The van der Waals surface area contributed by atoms with Crippen LogP contribution in [0, 0.1) is 0 Å². The lowest BCUT2D eigenvalue weighted by Gasteiger charge is -2.21. The van der Waals surface area contributed by atoms with Gasteiger partial charge in [0.15, 0.2) is 11.5 Å². The van der Waals surface area contributed by atoms with E-state index in [-0.39, 0.29) is 10.6 Å². The SMILES string of the molecule is COc1ccc(S(=O)(=O)N(C)c2cccc(/C(=C\C(=O)NO)c3ccccn3)c2)cc1OC. The summed E-state index contributed by atoms with van der Waals surface area (Å²) in [6.45, 7) is 0. The van der Waals surface area contributed by atoms with Gasteiger partial charge in [-0.3, -0.25) is 19.3 Å². The van der Waals surface area contributed by atoms with E-state index in [0.29, 0.717) is 28.3 Å². The van der Waals surface area contributed by atoms with Crippen LogP contribution in [0.1, 0.15) is 11.3 Å². The number of pyridine rings is 1. The fourth-order valence-electron chi connectivity index (χ4n) is 3.13. The number of sulfonamides is 1. The molecule has 0 atom stereocenters. The lowest BCUT2D eigenvalue weighted by Crippen LogP contribution is -2.26. The van der Waals surface area contributed by atoms with E-state index in [1.54, 1.807) is 54.1 Å². The van der Waals surface area contributed by atoms with Crippen molar-refractivity contribution in [2.75, 3.05) is 25.6 Å². The normalized spacial score (nSPS) is 11.6. The molecule has 3 rings (SSSR count). The zero-order chi connectivity index (χ0) is 24.0. The van der Waals surface area contributed by atoms with Gasteiger partial charge >= 0.3 is 0 Å². The van der Waals surface area contributed by atoms with Crippen molar-refractivity contribution in [1.82, 2.24) is 10.5 Å². The van der Waals surface area contributed by atoms with Crippen molar-refractivity contribution in [3.05, 3.63) is 84.2 Å². The standard InChI is InChI=1S/C23H23N3O6S/c1-26(33(29,30)18-10-11-21(31-2)22(14-18)32-3)17-8-6-7-16(13-17)19(15-23(27)25-28)20-9-4-5-12-24-20/h4-15,28H,1-3H3,(H,25,27)/b19-15+. The van der Waals surface area contributed by atoms with Gasteiger partial charge in [0.1, 0.15) is 0 Å². The molecule has 0 saturated heterocycles. The van der Waals surface area contributed by atoms with Crippen molar-refractivity contribution in [3.8, 4) is 11.5 Å². The third-order valence-electron chi connectivity index (χ3n) is 4.86. The van der Waals surface area contributed by atoms with Gasteiger partial charge in [-0.1, -0.05) is 18.2 Å². The van der Waals surface area contributed by atoms with Crippen LogP contribution in [0.2, 0.25) is 0 Å². The van der Waals surface area contributed by atoms with E-state index in [1.165, 1.54) is 45.5 Å². The monoisotopic (exact) mass is 469 g/mol. The minimum atomic E-state index is -3.94. The van der Waals surface area contributed by atoms with Gasteiger partial charge in [-0.15, -0.1) is 0 Å². The van der Waals surface area contributed by atoms with Crippen molar-refractivity contribution < 1.29 is 27.9 Å². The molecule has 33 heavy (non-hydrogen) atoms. The van der Waals surface area contributed by atoms with Crippen LogP contribution in [0.4, 0.5) is 5.69 Å². The first kappa shape index (κ1) is 23.8. The third kappa shape index (κ3) is 5.13. The van der Waals surface area contributed by atoms with Crippen LogP contribution >= 0.6 is 0 Å². The molecule has 0 saturated carbocycles. The number of amides is 1. The molecule has 1 heterocycles. The summed E-state index contributed by atoms with van der Waals surface area (Å²) in [5.41, 5.74) is 3.33. The summed E-state index contributed by atoms with van der Waals surface area (Å²) in [4.78, 5) is 16.1. The highest BCUT2D eigenvalue weighted by Gasteiger charge is 2.24. The number of hydroxylamine groups is 1. The van der Waals surface area contributed by atoms with Gasteiger partial charge in [0.2, 0.25) is 0 Å². The Bertz CT molecular complexity index is 1280. The second-order valence-corrected chi connectivity index (χ2v) is 8.76. The lowest BCUT2D eigenvalue weighted by molar-refractivity contribution is -0.124. The summed E-state index contributed by atoms with van der Waals surface area (Å²) >= 11 is 0. The lowest BCUT2D eigenvalue weighted by atomic mass is 10.0. The minimum Gasteiger partial charge on any atom is -0.493 e. The summed E-state index contributed by atoms with van der Waals surface area (Å²) < 4.78 is 38.1. The van der Waals surface area contributed by atoms with Gasteiger partial charge < -0.3 is 9.47 Å². The zero-order valence-electron chi connectivity index (χ0n) is 18.2. The molecule has 0 unspecified atom stereocenters. The fraction of sp³-hybridized carbons (Fsp3) is 0.130. The maximum absolute atomic E-state index is 13.3. The second kappa shape index (κ2) is 10.2. The van der Waals surface area contributed by atoms with Crippen LogP contribution in [0.5, 0.6) is 11.5 Å².